The van der Waals surface area contributed by atoms with Crippen LogP contribution in [0.15, 0.2) is 18.2 Å². The number of nitrogens with two attached hydrogens (primary N) is 1. The van der Waals surface area contributed by atoms with Crippen LogP contribution < -0.4 is 10.5 Å². The number of nitrogens with zero attached hydrogens (tertiary/aromatic N) is 1. The van der Waals surface area contributed by atoms with E-state index in [2.05, 4.69) is 4.90 Å². The summed E-state index contributed by atoms with van der Waals surface area (Å²) in [7, 11) is 3.03. The first-order valence-electron chi connectivity index (χ1n) is 8.42. The third kappa shape index (κ3) is 3.50. The minimum atomic E-state index is -0.403. The maximum absolute atomic E-state index is 12.4. The van der Waals surface area contributed by atoms with Crippen LogP contribution in [0.3, 0.4) is 0 Å². The molecule has 3 rings (SSSR count). The van der Waals surface area contributed by atoms with Crippen molar-refractivity contribution in [3.63, 3.8) is 0 Å². The first kappa shape index (κ1) is 17.8. The molecule has 0 radical (unpaired) electrons. The zero-order chi connectivity index (χ0) is 18.0. The van der Waals surface area contributed by atoms with Gasteiger partial charge in [0.2, 0.25) is 0 Å². The molecule has 2 N–H and O–H groups in total. The van der Waals surface area contributed by atoms with E-state index in [9.17, 15) is 4.79 Å². The number of methoxy groups -OCH3 is 2. The number of hydrogen-bond donors (Lipinski definition) is 1. The minimum absolute atomic E-state index is 0.403. The zero-order valence-electron chi connectivity index (χ0n) is 14.9. The number of rotatable bonds is 5. The smallest absolute Gasteiger partial charge is 0.341 e. The average molecular weight is 360 g/mol. The summed E-state index contributed by atoms with van der Waals surface area (Å²) in [5.74, 6) is 0.330. The molecule has 25 heavy (non-hydrogen) atoms. The molecule has 134 valence electrons. The summed E-state index contributed by atoms with van der Waals surface area (Å²) < 4.78 is 10.6. The highest BCUT2D eigenvalue weighted by Gasteiger charge is 2.27. The van der Waals surface area contributed by atoms with Crippen molar-refractivity contribution in [2.24, 2.45) is 0 Å². The Morgan fingerprint density at radius 1 is 1.28 bits per heavy atom. The van der Waals surface area contributed by atoms with Crippen LogP contribution in [-0.2, 0) is 11.3 Å². The molecule has 1 fully saturated rings. The summed E-state index contributed by atoms with van der Waals surface area (Å²) in [6, 6.07) is 5.97. The Kier molecular flexibility index (Phi) is 5.30. The predicted octanol–water partition coefficient (Wildman–Crippen LogP) is 3.70. The van der Waals surface area contributed by atoms with Crippen LogP contribution in [-0.4, -0.2) is 38.2 Å². The number of likely N-dealkylation sites (tertiary alicyclic amines) is 1. The summed E-state index contributed by atoms with van der Waals surface area (Å²) in [6.45, 7) is 4.97. The van der Waals surface area contributed by atoms with Gasteiger partial charge in [0.15, 0.2) is 0 Å². The van der Waals surface area contributed by atoms with Crippen LogP contribution in [0, 0.1) is 6.92 Å². The van der Waals surface area contributed by atoms with E-state index in [0.717, 1.165) is 47.0 Å². The minimum Gasteiger partial charge on any atom is -0.496 e. The molecule has 0 aliphatic carbocycles. The number of esters is 1. The first-order chi connectivity index (χ1) is 12.0. The number of nitrogen functional groups attached to an aromatic ring is 1. The van der Waals surface area contributed by atoms with E-state index in [0.29, 0.717) is 10.6 Å². The fourth-order valence-corrected chi connectivity index (χ4v) is 4.47. The van der Waals surface area contributed by atoms with E-state index < -0.39 is 5.97 Å². The summed E-state index contributed by atoms with van der Waals surface area (Å²) in [6.07, 6.45) is 2.43. The third-order valence-electron chi connectivity index (χ3n) is 4.59. The molecule has 1 aromatic heterocycles. The molecule has 0 spiro atoms. The van der Waals surface area contributed by atoms with E-state index in [1.165, 1.54) is 31.3 Å². The SMILES string of the molecule is COC(=O)c1c(N)sc(CN2CCCC2)c1-c1cc(C)ccc1OC. The van der Waals surface area contributed by atoms with Gasteiger partial charge in [-0.05, 0) is 45.0 Å². The number of carbonyl (C=O) groups excluding carboxylic acids is 1. The van der Waals surface area contributed by atoms with Gasteiger partial charge in [-0.3, -0.25) is 4.90 Å². The molecule has 0 unspecified atom stereocenters. The number of aryl methyl sites for hydroxylation is 1. The number of thiophene rings is 1. The Morgan fingerprint density at radius 2 is 2.00 bits per heavy atom. The Labute approximate surface area is 152 Å². The van der Waals surface area contributed by atoms with Crippen molar-refractivity contribution in [2.45, 2.75) is 26.3 Å². The Morgan fingerprint density at radius 3 is 2.64 bits per heavy atom. The van der Waals surface area contributed by atoms with Crippen molar-refractivity contribution in [1.82, 2.24) is 4.90 Å². The molecule has 1 aliphatic rings. The fraction of sp³-hybridized carbons (Fsp3) is 0.421. The number of benzene rings is 1. The highest BCUT2D eigenvalue weighted by molar-refractivity contribution is 7.17. The van der Waals surface area contributed by atoms with Crippen LogP contribution >= 0.6 is 11.3 Å². The van der Waals surface area contributed by atoms with Crippen LogP contribution in [0.4, 0.5) is 5.00 Å². The monoisotopic (exact) mass is 360 g/mol. The lowest BCUT2D eigenvalue weighted by atomic mass is 9.98. The van der Waals surface area contributed by atoms with Gasteiger partial charge in [-0.25, -0.2) is 4.79 Å². The van der Waals surface area contributed by atoms with E-state index >= 15 is 0 Å². The summed E-state index contributed by atoms with van der Waals surface area (Å²) in [4.78, 5) is 15.9. The fourth-order valence-electron chi connectivity index (χ4n) is 3.36. The van der Waals surface area contributed by atoms with Crippen LogP contribution in [0.1, 0.15) is 33.6 Å². The Bertz CT molecular complexity index is 779. The lowest BCUT2D eigenvalue weighted by molar-refractivity contribution is 0.0603. The van der Waals surface area contributed by atoms with Crippen molar-refractivity contribution in [3.8, 4) is 16.9 Å². The highest BCUT2D eigenvalue weighted by atomic mass is 32.1. The predicted molar refractivity (Wildman–Crippen MR) is 101 cm³/mol. The zero-order valence-corrected chi connectivity index (χ0v) is 15.7. The summed E-state index contributed by atoms with van der Waals surface area (Å²) in [5, 5.41) is 0.500. The summed E-state index contributed by atoms with van der Waals surface area (Å²) >= 11 is 1.47. The quantitative estimate of drug-likeness (QED) is 0.824. The highest BCUT2D eigenvalue weighted by Crippen LogP contribution is 2.43. The van der Waals surface area contributed by atoms with Crippen LogP contribution in [0.5, 0.6) is 5.75 Å². The van der Waals surface area contributed by atoms with E-state index in [1.54, 1.807) is 7.11 Å². The Balaban J connectivity index is 2.17. The molecule has 2 aromatic rings. The lowest BCUT2D eigenvalue weighted by Crippen LogP contribution is -2.18. The molecule has 0 amide bonds. The van der Waals surface area contributed by atoms with Gasteiger partial charge in [0.1, 0.15) is 16.3 Å². The molecule has 5 nitrogen and oxygen atoms in total. The van der Waals surface area contributed by atoms with Crippen molar-refractivity contribution < 1.29 is 14.3 Å². The molecule has 0 saturated carbocycles. The van der Waals surface area contributed by atoms with Crippen molar-refractivity contribution >= 4 is 22.3 Å². The van der Waals surface area contributed by atoms with Crippen molar-refractivity contribution in [2.75, 3.05) is 33.0 Å². The number of ether oxygens (including phenoxy) is 2. The second kappa shape index (κ2) is 7.45. The van der Waals surface area contributed by atoms with Crippen molar-refractivity contribution in [3.05, 3.63) is 34.2 Å². The van der Waals surface area contributed by atoms with Gasteiger partial charge in [0, 0.05) is 22.5 Å². The van der Waals surface area contributed by atoms with Gasteiger partial charge in [0.25, 0.3) is 0 Å². The van der Waals surface area contributed by atoms with Gasteiger partial charge in [-0.2, -0.15) is 0 Å². The van der Waals surface area contributed by atoms with Crippen LogP contribution in [0.2, 0.25) is 0 Å². The second-order valence-electron chi connectivity index (χ2n) is 6.32. The molecular formula is C19H24N2O3S. The van der Waals surface area contributed by atoms with Crippen molar-refractivity contribution in [1.29, 1.82) is 0 Å². The third-order valence-corrected chi connectivity index (χ3v) is 5.59. The van der Waals surface area contributed by atoms with E-state index in [-0.39, 0.29) is 0 Å². The van der Waals surface area contributed by atoms with Gasteiger partial charge in [-0.1, -0.05) is 11.6 Å². The maximum Gasteiger partial charge on any atom is 0.341 e. The lowest BCUT2D eigenvalue weighted by Gasteiger charge is -2.17. The molecule has 1 aliphatic heterocycles. The maximum atomic E-state index is 12.4. The molecular weight excluding hydrogens is 336 g/mol. The van der Waals surface area contributed by atoms with Gasteiger partial charge >= 0.3 is 5.97 Å². The number of anilines is 1. The molecule has 6 heteroatoms. The molecule has 2 heterocycles. The van der Waals surface area contributed by atoms with E-state index in [4.69, 9.17) is 15.2 Å². The standard InChI is InChI=1S/C19H24N2O3S/c1-12-6-7-14(23-2)13(10-12)16-15(11-21-8-4-5-9-21)25-18(20)17(16)19(22)24-3/h6-7,10H,4-5,8-9,11,20H2,1-3H3. The number of hydrogen-bond acceptors (Lipinski definition) is 6. The Hall–Kier alpha value is -2.05. The summed E-state index contributed by atoms with van der Waals surface area (Å²) in [5.41, 5.74) is 9.51. The first-order valence-corrected chi connectivity index (χ1v) is 9.23. The van der Waals surface area contributed by atoms with Crippen LogP contribution in [0.25, 0.3) is 11.1 Å². The number of carbonyl (C=O) groups is 1. The molecule has 0 bridgehead atoms. The van der Waals surface area contributed by atoms with Gasteiger partial charge in [-0.15, -0.1) is 11.3 Å². The van der Waals surface area contributed by atoms with Gasteiger partial charge in [0.05, 0.1) is 14.2 Å². The van der Waals surface area contributed by atoms with E-state index in [1.807, 2.05) is 25.1 Å². The molecule has 1 saturated heterocycles. The average Bonchev–Trinajstić information content (AvgIpc) is 3.22. The largest absolute Gasteiger partial charge is 0.496 e. The molecule has 0 atom stereocenters. The normalized spacial score (nSPS) is 14.7. The topological polar surface area (TPSA) is 64.8 Å². The molecule has 1 aromatic carbocycles. The van der Waals surface area contributed by atoms with Gasteiger partial charge < -0.3 is 15.2 Å². The second-order valence-corrected chi connectivity index (χ2v) is 7.45.